The molecular weight excluding hydrogens is 1110 g/mol. The SMILES string of the molecule is CN(C)c1ccc(N(CCOc2ccc(CCCC(=O)O)cc2)c2ccccn2)cn1.O=C(O)CCCc1ccc(OCCN(c2ccccc2)c2nccs2)cc1.O=C(O)CCCc1ccc(OCCN(c2cccnc2)c2ccccn2)cc1. The molecule has 0 saturated carbocycles. The maximum Gasteiger partial charge on any atom is 0.303 e. The molecule has 86 heavy (non-hydrogen) atoms. The third-order valence-electron chi connectivity index (χ3n) is 13.1. The summed E-state index contributed by atoms with van der Waals surface area (Å²) in [5.41, 5.74) is 6.33. The third-order valence-corrected chi connectivity index (χ3v) is 13.9. The van der Waals surface area contributed by atoms with E-state index in [1.54, 1.807) is 42.3 Å². The van der Waals surface area contributed by atoms with Gasteiger partial charge in [0.05, 0.1) is 43.4 Å². The molecule has 9 rings (SSSR count). The Morgan fingerprint density at radius 2 is 0.860 bits per heavy atom. The van der Waals surface area contributed by atoms with Crippen molar-refractivity contribution >= 4 is 68.9 Å². The first kappa shape index (κ1) is 63.7. The molecule has 18 nitrogen and oxygen atoms in total. The van der Waals surface area contributed by atoms with Crippen LogP contribution in [0.5, 0.6) is 17.2 Å². The first-order valence-corrected chi connectivity index (χ1v) is 29.3. The Balaban J connectivity index is 0.000000185. The highest BCUT2D eigenvalue weighted by molar-refractivity contribution is 7.13. The average molecular weight is 1180 g/mol. The van der Waals surface area contributed by atoms with Crippen LogP contribution >= 0.6 is 11.3 Å². The number of carboxylic acid groups (broad SMARTS) is 3. The van der Waals surface area contributed by atoms with E-state index >= 15 is 0 Å². The van der Waals surface area contributed by atoms with Crippen molar-refractivity contribution in [2.75, 3.05) is 73.1 Å². The number of aromatic nitrogens is 5. The van der Waals surface area contributed by atoms with Gasteiger partial charge in [0, 0.05) is 69.2 Å². The van der Waals surface area contributed by atoms with Crippen molar-refractivity contribution in [1.29, 1.82) is 0 Å². The Morgan fingerprint density at radius 3 is 1.23 bits per heavy atom. The molecule has 3 N–H and O–H groups in total. The molecule has 0 fully saturated rings. The van der Waals surface area contributed by atoms with Gasteiger partial charge in [0.25, 0.3) is 0 Å². The quantitative estimate of drug-likeness (QED) is 0.0368. The molecule has 4 aromatic carbocycles. The van der Waals surface area contributed by atoms with E-state index in [1.807, 2.05) is 182 Å². The number of ether oxygens (including phenoxy) is 3. The lowest BCUT2D eigenvalue weighted by Crippen LogP contribution is -2.24. The number of hydrogen-bond donors (Lipinski definition) is 3. The van der Waals surface area contributed by atoms with Gasteiger partial charge in [0.1, 0.15) is 54.5 Å². The standard InChI is InChI=1S/C24H28N4O3.C22H23N3O3.C21H22N2O3S/c1-27(2)22-14-11-20(18-26-22)28(23-7-3-4-15-25-23)16-17-31-21-12-9-19(10-13-21)6-5-8-24(29)30;26-22(27)8-3-5-18-9-11-20(12-10-18)28-16-15-25(19-6-4-13-23-17-19)21-7-1-2-14-24-21;24-20(25)8-4-5-17-9-11-19(12-10-17)26-15-14-23(21-22-13-16-27-21)18-6-2-1-3-7-18/h3-4,7,9-15,18H,5-6,8,16-17H2,1-2H3,(H,29,30);1-2,4,6-7,9-14,17H,3,5,8,15-16H2,(H,26,27);1-3,6-7,9-13,16H,4-5,8,14-15H2,(H,24,25). The maximum atomic E-state index is 10.6. The van der Waals surface area contributed by atoms with Crippen LogP contribution in [0, 0.1) is 0 Å². The van der Waals surface area contributed by atoms with Crippen LogP contribution in [-0.4, -0.2) is 112 Å². The molecule has 5 aromatic heterocycles. The van der Waals surface area contributed by atoms with Gasteiger partial charge in [0.15, 0.2) is 5.13 Å². The molecule has 5 heterocycles. The van der Waals surface area contributed by atoms with E-state index in [9.17, 15) is 14.4 Å². The Morgan fingerprint density at radius 1 is 0.419 bits per heavy atom. The summed E-state index contributed by atoms with van der Waals surface area (Å²) in [5, 5.41) is 29.1. The second-order valence-electron chi connectivity index (χ2n) is 19.7. The Labute approximate surface area is 506 Å². The van der Waals surface area contributed by atoms with Gasteiger partial charge in [-0.3, -0.25) is 19.4 Å². The molecule has 9 aromatic rings. The van der Waals surface area contributed by atoms with Gasteiger partial charge in [-0.2, -0.15) is 0 Å². The Bertz CT molecular complexity index is 3300. The fraction of sp³-hybridized carbons (Fsp3) is 0.254. The second kappa shape index (κ2) is 35.3. The largest absolute Gasteiger partial charge is 0.492 e. The number of hydrogen-bond acceptors (Lipinski definition) is 16. The highest BCUT2D eigenvalue weighted by Gasteiger charge is 2.15. The lowest BCUT2D eigenvalue weighted by atomic mass is 10.1. The van der Waals surface area contributed by atoms with Crippen LogP contribution in [0.4, 0.5) is 39.6 Å². The number of benzene rings is 4. The fourth-order valence-corrected chi connectivity index (χ4v) is 9.43. The van der Waals surface area contributed by atoms with Gasteiger partial charge in [-0.1, -0.05) is 66.7 Å². The zero-order valence-corrected chi connectivity index (χ0v) is 49.3. The topological polar surface area (TPSA) is 217 Å². The van der Waals surface area contributed by atoms with E-state index in [-0.39, 0.29) is 19.3 Å². The minimum absolute atomic E-state index is 0.186. The molecule has 19 heteroatoms. The van der Waals surface area contributed by atoms with Crippen LogP contribution in [0.15, 0.2) is 206 Å². The number of nitrogens with zero attached hydrogens (tertiary/aromatic N) is 9. The summed E-state index contributed by atoms with van der Waals surface area (Å²) >= 11 is 1.60. The van der Waals surface area contributed by atoms with Gasteiger partial charge >= 0.3 is 17.9 Å². The summed E-state index contributed by atoms with van der Waals surface area (Å²) in [4.78, 5) is 62.1. The molecule has 0 amide bonds. The monoisotopic (exact) mass is 1180 g/mol. The molecule has 0 aliphatic heterocycles. The molecule has 0 unspecified atom stereocenters. The highest BCUT2D eigenvalue weighted by Crippen LogP contribution is 2.28. The van der Waals surface area contributed by atoms with E-state index in [4.69, 9.17) is 29.5 Å². The average Bonchev–Trinajstić information content (AvgIpc) is 3.85. The first-order valence-electron chi connectivity index (χ1n) is 28.4. The second-order valence-corrected chi connectivity index (χ2v) is 20.6. The summed E-state index contributed by atoms with van der Waals surface area (Å²) in [6, 6.07) is 53.2. The van der Waals surface area contributed by atoms with Gasteiger partial charge in [-0.05, 0) is 152 Å². The van der Waals surface area contributed by atoms with Crippen molar-refractivity contribution in [1.82, 2.24) is 24.9 Å². The number of anilines is 7. The summed E-state index contributed by atoms with van der Waals surface area (Å²) in [6.45, 7) is 3.43. The first-order chi connectivity index (χ1) is 42.0. The van der Waals surface area contributed by atoms with Gasteiger partial charge in [-0.25, -0.2) is 19.9 Å². The molecule has 0 atom stereocenters. The summed E-state index contributed by atoms with van der Waals surface area (Å²) in [6.07, 6.45) is 15.5. The van der Waals surface area contributed by atoms with Crippen molar-refractivity contribution in [3.63, 3.8) is 0 Å². The predicted molar refractivity (Wildman–Crippen MR) is 338 cm³/mol. The zero-order chi connectivity index (χ0) is 60.6. The van der Waals surface area contributed by atoms with Gasteiger partial charge in [-0.15, -0.1) is 11.3 Å². The van der Waals surface area contributed by atoms with E-state index in [0.29, 0.717) is 58.7 Å². The van der Waals surface area contributed by atoms with Crippen molar-refractivity contribution in [3.8, 4) is 17.2 Å². The molecule has 446 valence electrons. The van der Waals surface area contributed by atoms with Gasteiger partial charge < -0.3 is 49.1 Å². The lowest BCUT2D eigenvalue weighted by Gasteiger charge is -2.24. The minimum atomic E-state index is -0.760. The van der Waals surface area contributed by atoms with Crippen LogP contribution < -0.4 is 33.8 Å². The van der Waals surface area contributed by atoms with Crippen molar-refractivity contribution in [3.05, 3.63) is 223 Å². The lowest BCUT2D eigenvalue weighted by molar-refractivity contribution is -0.138. The van der Waals surface area contributed by atoms with Crippen molar-refractivity contribution in [2.24, 2.45) is 0 Å². The number of carbonyl (C=O) groups is 3. The number of carboxylic acids is 3. The smallest absolute Gasteiger partial charge is 0.303 e. The van der Waals surface area contributed by atoms with Crippen LogP contribution in [-0.2, 0) is 33.6 Å². The number of pyridine rings is 4. The Hall–Kier alpha value is -9.88. The van der Waals surface area contributed by atoms with Crippen LogP contribution in [0.1, 0.15) is 55.2 Å². The molecule has 0 radical (unpaired) electrons. The number of rotatable bonds is 31. The summed E-state index contributed by atoms with van der Waals surface area (Å²) in [5.74, 6) is 2.67. The Kier molecular flexibility index (Phi) is 26.1. The molecule has 0 aliphatic rings. The molecule has 0 aliphatic carbocycles. The fourth-order valence-electron chi connectivity index (χ4n) is 8.74. The number of para-hydroxylation sites is 1. The summed E-state index contributed by atoms with van der Waals surface area (Å²) < 4.78 is 17.7. The zero-order valence-electron chi connectivity index (χ0n) is 48.5. The van der Waals surface area contributed by atoms with E-state index < -0.39 is 17.9 Å². The number of aryl methyl sites for hydroxylation is 3. The van der Waals surface area contributed by atoms with E-state index in [1.165, 1.54) is 0 Å². The molecule has 0 bridgehead atoms. The van der Waals surface area contributed by atoms with Crippen LogP contribution in [0.25, 0.3) is 0 Å². The number of aliphatic carboxylic acids is 3. The third kappa shape index (κ3) is 22.4. The normalized spacial score (nSPS) is 10.5. The van der Waals surface area contributed by atoms with Crippen LogP contribution in [0.2, 0.25) is 0 Å². The maximum absolute atomic E-state index is 10.6. The summed E-state index contributed by atoms with van der Waals surface area (Å²) in [7, 11) is 3.92. The van der Waals surface area contributed by atoms with Crippen molar-refractivity contribution in [2.45, 2.75) is 57.8 Å². The van der Waals surface area contributed by atoms with Crippen LogP contribution in [0.3, 0.4) is 0 Å². The van der Waals surface area contributed by atoms with E-state index in [0.717, 1.165) is 92.8 Å². The molecule has 0 saturated heterocycles. The van der Waals surface area contributed by atoms with Crippen molar-refractivity contribution < 1.29 is 43.9 Å². The highest BCUT2D eigenvalue weighted by atomic mass is 32.1. The number of thiazole rings is 1. The van der Waals surface area contributed by atoms with E-state index in [2.05, 4.69) is 51.8 Å². The molecular formula is C67H73N9O9S. The minimum Gasteiger partial charge on any atom is -0.492 e. The predicted octanol–water partition coefficient (Wildman–Crippen LogP) is 13.0. The van der Waals surface area contributed by atoms with Gasteiger partial charge in [0.2, 0.25) is 0 Å². The molecule has 0 spiro atoms.